The first kappa shape index (κ1) is 15.5. The minimum atomic E-state index is -0.693. The molecule has 1 fully saturated rings. The van der Waals surface area contributed by atoms with E-state index in [-0.39, 0.29) is 12.0 Å². The molecule has 1 saturated carbocycles. The highest BCUT2D eigenvalue weighted by Crippen LogP contribution is 2.34. The van der Waals surface area contributed by atoms with Gasteiger partial charge in [-0.2, -0.15) is 0 Å². The fourth-order valence-corrected chi connectivity index (χ4v) is 3.44. The first-order chi connectivity index (χ1) is 8.20. The molecule has 0 saturated heterocycles. The van der Waals surface area contributed by atoms with Gasteiger partial charge in [0.2, 0.25) is 0 Å². The Hall–Kier alpha value is -0.570. The Balaban J connectivity index is 2.72. The van der Waals surface area contributed by atoms with Crippen LogP contribution in [0.15, 0.2) is 0 Å². The first-order valence-electron chi connectivity index (χ1n) is 7.18. The van der Waals surface area contributed by atoms with E-state index in [9.17, 15) is 4.79 Å². The second kappa shape index (κ2) is 6.05. The predicted molar refractivity (Wildman–Crippen MR) is 74.7 cm³/mol. The van der Waals surface area contributed by atoms with Crippen molar-refractivity contribution in [1.82, 2.24) is 4.90 Å². The molecule has 0 aromatic carbocycles. The van der Waals surface area contributed by atoms with Gasteiger partial charge in [-0.15, -0.1) is 0 Å². The second-order valence-corrected chi connectivity index (χ2v) is 7.08. The lowest BCUT2D eigenvalue weighted by molar-refractivity contribution is -0.138. The Bertz CT molecular complexity index is 273. The molecule has 0 aromatic rings. The molecule has 0 aromatic heterocycles. The Labute approximate surface area is 112 Å². The molecular weight excluding hydrogens is 226 g/mol. The molecule has 3 nitrogen and oxygen atoms in total. The summed E-state index contributed by atoms with van der Waals surface area (Å²) in [7, 11) is 0. The third-order valence-electron chi connectivity index (χ3n) is 4.02. The van der Waals surface area contributed by atoms with Gasteiger partial charge in [-0.3, -0.25) is 9.69 Å². The zero-order valence-corrected chi connectivity index (χ0v) is 12.6. The van der Waals surface area contributed by atoms with Crippen molar-refractivity contribution < 1.29 is 9.90 Å². The molecule has 0 spiro atoms. The van der Waals surface area contributed by atoms with Crippen molar-refractivity contribution in [1.29, 1.82) is 0 Å². The van der Waals surface area contributed by atoms with E-state index in [1.54, 1.807) is 0 Å². The Morgan fingerprint density at radius 1 is 1.17 bits per heavy atom. The van der Waals surface area contributed by atoms with Crippen LogP contribution in [0.2, 0.25) is 0 Å². The summed E-state index contributed by atoms with van der Waals surface area (Å²) in [5, 5.41) is 8.90. The minimum Gasteiger partial charge on any atom is -0.481 e. The zero-order valence-electron chi connectivity index (χ0n) is 12.6. The van der Waals surface area contributed by atoms with E-state index in [4.69, 9.17) is 5.11 Å². The van der Waals surface area contributed by atoms with Gasteiger partial charge in [-0.1, -0.05) is 13.8 Å². The molecule has 2 atom stereocenters. The lowest BCUT2D eigenvalue weighted by Crippen LogP contribution is -2.51. The summed E-state index contributed by atoms with van der Waals surface area (Å²) in [5.74, 6) is 0.822. The third kappa shape index (κ3) is 4.60. The lowest BCUT2D eigenvalue weighted by atomic mass is 9.78. The van der Waals surface area contributed by atoms with Crippen LogP contribution >= 0.6 is 0 Å². The Morgan fingerprint density at radius 2 is 1.67 bits per heavy atom. The molecule has 0 heterocycles. The van der Waals surface area contributed by atoms with E-state index < -0.39 is 5.97 Å². The molecular formula is C15H29NO2. The van der Waals surface area contributed by atoms with Crippen LogP contribution in [-0.4, -0.2) is 34.1 Å². The SMILES string of the molecule is CC1CC(C)CC(N(CCC(=O)O)C(C)(C)C)C1. The number of hydrogen-bond donors (Lipinski definition) is 1. The molecule has 0 bridgehead atoms. The smallest absolute Gasteiger partial charge is 0.304 e. The standard InChI is InChI=1S/C15H29NO2/c1-11-8-12(2)10-13(9-11)16(15(3,4)5)7-6-14(17)18/h11-13H,6-10H2,1-5H3,(H,17,18). The largest absolute Gasteiger partial charge is 0.481 e. The van der Waals surface area contributed by atoms with E-state index >= 15 is 0 Å². The van der Waals surface area contributed by atoms with Gasteiger partial charge in [-0.25, -0.2) is 0 Å². The molecule has 106 valence electrons. The number of carboxylic acids is 1. The van der Waals surface area contributed by atoms with Crippen molar-refractivity contribution in [3.8, 4) is 0 Å². The van der Waals surface area contributed by atoms with Crippen molar-refractivity contribution in [2.24, 2.45) is 11.8 Å². The molecule has 1 N–H and O–H groups in total. The van der Waals surface area contributed by atoms with E-state index in [0.717, 1.165) is 11.8 Å². The molecule has 0 aliphatic heterocycles. The fourth-order valence-electron chi connectivity index (χ4n) is 3.44. The maximum atomic E-state index is 10.8. The fraction of sp³-hybridized carbons (Fsp3) is 0.933. The number of nitrogens with zero attached hydrogens (tertiary/aromatic N) is 1. The zero-order chi connectivity index (χ0) is 13.9. The third-order valence-corrected chi connectivity index (χ3v) is 4.02. The Kier molecular flexibility index (Phi) is 5.20. The van der Waals surface area contributed by atoms with Gasteiger partial charge in [0, 0.05) is 18.1 Å². The second-order valence-electron chi connectivity index (χ2n) is 7.08. The molecule has 0 amide bonds. The van der Waals surface area contributed by atoms with Crippen LogP contribution in [0.5, 0.6) is 0 Å². The van der Waals surface area contributed by atoms with E-state index in [1.807, 2.05) is 0 Å². The summed E-state index contributed by atoms with van der Waals surface area (Å²) in [4.78, 5) is 13.2. The topological polar surface area (TPSA) is 40.5 Å². The quantitative estimate of drug-likeness (QED) is 0.837. The monoisotopic (exact) mass is 255 g/mol. The lowest BCUT2D eigenvalue weighted by Gasteiger charge is -2.46. The number of carboxylic acid groups (broad SMARTS) is 1. The van der Waals surface area contributed by atoms with Crippen molar-refractivity contribution in [3.63, 3.8) is 0 Å². The Morgan fingerprint density at radius 3 is 2.06 bits per heavy atom. The van der Waals surface area contributed by atoms with E-state index in [2.05, 4.69) is 39.5 Å². The summed E-state index contributed by atoms with van der Waals surface area (Å²) >= 11 is 0. The van der Waals surface area contributed by atoms with Crippen LogP contribution in [-0.2, 0) is 4.79 Å². The molecule has 1 rings (SSSR count). The van der Waals surface area contributed by atoms with Crippen molar-refractivity contribution in [3.05, 3.63) is 0 Å². The van der Waals surface area contributed by atoms with Crippen LogP contribution in [0.3, 0.4) is 0 Å². The number of carbonyl (C=O) groups is 1. The molecule has 1 aliphatic carbocycles. The summed E-state index contributed by atoms with van der Waals surface area (Å²) in [6.45, 7) is 11.9. The predicted octanol–water partition coefficient (Wildman–Crippen LogP) is 3.39. The summed E-state index contributed by atoms with van der Waals surface area (Å²) in [5.41, 5.74) is 0.0525. The van der Waals surface area contributed by atoms with Crippen LogP contribution in [0.4, 0.5) is 0 Å². The van der Waals surface area contributed by atoms with Crippen LogP contribution in [0, 0.1) is 11.8 Å². The van der Waals surface area contributed by atoms with E-state index in [0.29, 0.717) is 12.6 Å². The normalized spacial score (nSPS) is 29.6. The molecule has 2 unspecified atom stereocenters. The molecule has 18 heavy (non-hydrogen) atoms. The van der Waals surface area contributed by atoms with Gasteiger partial charge in [0.15, 0.2) is 0 Å². The van der Waals surface area contributed by atoms with Crippen molar-refractivity contribution >= 4 is 5.97 Å². The summed E-state index contributed by atoms with van der Waals surface area (Å²) < 4.78 is 0. The highest BCUT2D eigenvalue weighted by atomic mass is 16.4. The number of rotatable bonds is 4. The van der Waals surface area contributed by atoms with E-state index in [1.165, 1.54) is 19.3 Å². The summed E-state index contributed by atoms with van der Waals surface area (Å²) in [6.07, 6.45) is 3.98. The maximum Gasteiger partial charge on any atom is 0.304 e. The van der Waals surface area contributed by atoms with Gasteiger partial charge in [0.1, 0.15) is 0 Å². The van der Waals surface area contributed by atoms with Gasteiger partial charge >= 0.3 is 5.97 Å². The van der Waals surface area contributed by atoms with Gasteiger partial charge in [0.05, 0.1) is 6.42 Å². The van der Waals surface area contributed by atoms with Gasteiger partial charge < -0.3 is 5.11 Å². The van der Waals surface area contributed by atoms with Crippen LogP contribution < -0.4 is 0 Å². The number of hydrogen-bond acceptors (Lipinski definition) is 2. The van der Waals surface area contributed by atoms with Gasteiger partial charge in [0.25, 0.3) is 0 Å². The highest BCUT2D eigenvalue weighted by molar-refractivity contribution is 5.66. The molecule has 3 heteroatoms. The average molecular weight is 255 g/mol. The van der Waals surface area contributed by atoms with Crippen LogP contribution in [0.25, 0.3) is 0 Å². The summed E-state index contributed by atoms with van der Waals surface area (Å²) in [6, 6.07) is 0.545. The molecule has 0 radical (unpaired) electrons. The first-order valence-corrected chi connectivity index (χ1v) is 7.18. The maximum absolute atomic E-state index is 10.8. The highest BCUT2D eigenvalue weighted by Gasteiger charge is 2.33. The van der Waals surface area contributed by atoms with Crippen molar-refractivity contribution in [2.45, 2.75) is 71.9 Å². The van der Waals surface area contributed by atoms with Crippen molar-refractivity contribution in [2.75, 3.05) is 6.54 Å². The molecule has 1 aliphatic rings. The van der Waals surface area contributed by atoms with Gasteiger partial charge in [-0.05, 0) is 51.9 Å². The van der Waals surface area contributed by atoms with Crippen LogP contribution in [0.1, 0.15) is 60.3 Å². The average Bonchev–Trinajstić information content (AvgIpc) is 2.13. The minimum absolute atomic E-state index is 0.0525. The number of aliphatic carboxylic acids is 1.